The summed E-state index contributed by atoms with van der Waals surface area (Å²) in [7, 11) is 0. The van der Waals surface area contributed by atoms with Crippen LogP contribution in [-0.2, 0) is 6.18 Å². The van der Waals surface area contributed by atoms with E-state index in [4.69, 9.17) is 4.74 Å². The van der Waals surface area contributed by atoms with Crippen molar-refractivity contribution in [2.75, 3.05) is 26.2 Å². The molecule has 1 aliphatic heterocycles. The van der Waals surface area contributed by atoms with Crippen LogP contribution in [0.25, 0.3) is 0 Å². The number of hydrogen-bond acceptors (Lipinski definition) is 5. The van der Waals surface area contributed by atoms with Gasteiger partial charge in [-0.05, 0) is 38.1 Å². The average molecular weight is 420 g/mol. The van der Waals surface area contributed by atoms with Crippen LogP contribution in [0, 0.1) is 0 Å². The van der Waals surface area contributed by atoms with Gasteiger partial charge in [0.1, 0.15) is 12.4 Å². The maximum Gasteiger partial charge on any atom is 0.419 e. The Kier molecular flexibility index (Phi) is 7.64. The Morgan fingerprint density at radius 1 is 1.29 bits per heavy atom. The van der Waals surface area contributed by atoms with E-state index in [9.17, 15) is 18.0 Å². The zero-order valence-corrected chi connectivity index (χ0v) is 15.7. The highest BCUT2D eigenvalue weighted by Crippen LogP contribution is 2.35. The fourth-order valence-corrected chi connectivity index (χ4v) is 2.87. The molecule has 0 spiro atoms. The molecule has 2 aromatic rings. The number of piperidine rings is 1. The molecule has 11 heteroatoms. The van der Waals surface area contributed by atoms with Crippen molar-refractivity contribution in [3.63, 3.8) is 0 Å². The molecular formula is C17H21ClF3N5O2. The number of amides is 1. The minimum atomic E-state index is -4.49. The summed E-state index contributed by atoms with van der Waals surface area (Å²) in [5.74, 6) is -0.709. The lowest BCUT2D eigenvalue weighted by Crippen LogP contribution is -2.30. The van der Waals surface area contributed by atoms with Crippen LogP contribution >= 0.6 is 12.4 Å². The Balaban J connectivity index is 0.00000280. The molecule has 0 saturated carbocycles. The predicted molar refractivity (Wildman–Crippen MR) is 97.7 cm³/mol. The maximum atomic E-state index is 12.9. The van der Waals surface area contributed by atoms with Crippen LogP contribution in [0.3, 0.4) is 0 Å². The number of carbonyl (C=O) groups is 1. The summed E-state index contributed by atoms with van der Waals surface area (Å²) in [5, 5.41) is 13.7. The van der Waals surface area contributed by atoms with Crippen molar-refractivity contribution in [2.45, 2.75) is 25.1 Å². The molecule has 154 valence electrons. The van der Waals surface area contributed by atoms with Gasteiger partial charge in [-0.3, -0.25) is 4.79 Å². The molecule has 0 radical (unpaired) electrons. The van der Waals surface area contributed by atoms with E-state index in [0.717, 1.165) is 32.0 Å². The van der Waals surface area contributed by atoms with Crippen molar-refractivity contribution >= 4 is 18.3 Å². The SMILES string of the molecule is Cl.O=C(NCCOc1ccccc1C(F)(F)F)c1cn(C2CCNCC2)nn1. The molecule has 0 unspecified atom stereocenters. The average Bonchev–Trinajstić information content (AvgIpc) is 3.16. The van der Waals surface area contributed by atoms with Crippen LogP contribution < -0.4 is 15.4 Å². The molecule has 2 N–H and O–H groups in total. The summed E-state index contributed by atoms with van der Waals surface area (Å²) in [4.78, 5) is 12.1. The zero-order chi connectivity index (χ0) is 19.3. The normalized spacial score (nSPS) is 15.0. The first-order valence-corrected chi connectivity index (χ1v) is 8.65. The molecule has 0 bridgehead atoms. The Labute approximate surface area is 166 Å². The third-order valence-corrected chi connectivity index (χ3v) is 4.26. The summed E-state index contributed by atoms with van der Waals surface area (Å²) in [6.45, 7) is 1.73. The van der Waals surface area contributed by atoms with Crippen LogP contribution in [0.2, 0.25) is 0 Å². The van der Waals surface area contributed by atoms with Crippen molar-refractivity contribution in [3.8, 4) is 5.75 Å². The fraction of sp³-hybridized carbons (Fsp3) is 0.471. The standard InChI is InChI=1S/C17H20F3N5O2.ClH/c18-17(19,20)13-3-1-2-4-15(13)27-10-9-22-16(26)14-11-25(24-23-14)12-5-7-21-8-6-12;/h1-4,11-12,21H,5-10H2,(H,22,26);1H. The largest absolute Gasteiger partial charge is 0.491 e. The molecular weight excluding hydrogens is 399 g/mol. The number of nitrogens with one attached hydrogen (secondary N) is 2. The van der Waals surface area contributed by atoms with Crippen molar-refractivity contribution in [2.24, 2.45) is 0 Å². The summed E-state index contributed by atoms with van der Waals surface area (Å²) in [6.07, 6.45) is -1.08. The third kappa shape index (κ3) is 5.59. The van der Waals surface area contributed by atoms with Crippen LogP contribution in [0.15, 0.2) is 30.5 Å². The first-order chi connectivity index (χ1) is 12.9. The number of rotatable bonds is 6. The third-order valence-electron chi connectivity index (χ3n) is 4.26. The van der Waals surface area contributed by atoms with Gasteiger partial charge in [-0.2, -0.15) is 13.2 Å². The Morgan fingerprint density at radius 3 is 2.71 bits per heavy atom. The molecule has 1 aromatic carbocycles. The number of nitrogens with zero attached hydrogens (tertiary/aromatic N) is 3. The molecule has 0 atom stereocenters. The van der Waals surface area contributed by atoms with Crippen LogP contribution in [0.4, 0.5) is 13.2 Å². The molecule has 2 heterocycles. The minimum absolute atomic E-state index is 0. The first kappa shape index (κ1) is 22.0. The van der Waals surface area contributed by atoms with Gasteiger partial charge in [0.05, 0.1) is 24.3 Å². The van der Waals surface area contributed by atoms with Gasteiger partial charge in [0, 0.05) is 0 Å². The smallest absolute Gasteiger partial charge is 0.419 e. The minimum Gasteiger partial charge on any atom is -0.491 e. The van der Waals surface area contributed by atoms with Crippen LogP contribution in [0.5, 0.6) is 5.75 Å². The predicted octanol–water partition coefficient (Wildman–Crippen LogP) is 2.45. The molecule has 1 amide bonds. The number of ether oxygens (including phenoxy) is 1. The summed E-state index contributed by atoms with van der Waals surface area (Å²) in [5.41, 5.74) is -0.675. The second-order valence-corrected chi connectivity index (χ2v) is 6.16. The van der Waals surface area contributed by atoms with E-state index in [1.54, 1.807) is 10.9 Å². The molecule has 1 fully saturated rings. The van der Waals surface area contributed by atoms with Crippen molar-refractivity contribution < 1.29 is 22.7 Å². The maximum absolute atomic E-state index is 12.9. The van der Waals surface area contributed by atoms with E-state index >= 15 is 0 Å². The summed E-state index contributed by atoms with van der Waals surface area (Å²) >= 11 is 0. The molecule has 1 saturated heterocycles. The van der Waals surface area contributed by atoms with Gasteiger partial charge in [-0.25, -0.2) is 4.68 Å². The van der Waals surface area contributed by atoms with E-state index in [2.05, 4.69) is 20.9 Å². The second-order valence-electron chi connectivity index (χ2n) is 6.16. The van der Waals surface area contributed by atoms with Gasteiger partial charge < -0.3 is 15.4 Å². The van der Waals surface area contributed by atoms with Gasteiger partial charge in [-0.1, -0.05) is 17.3 Å². The molecule has 28 heavy (non-hydrogen) atoms. The van der Waals surface area contributed by atoms with Gasteiger partial charge in [-0.15, -0.1) is 17.5 Å². The van der Waals surface area contributed by atoms with Crippen molar-refractivity contribution in [1.82, 2.24) is 25.6 Å². The van der Waals surface area contributed by atoms with Gasteiger partial charge in [0.25, 0.3) is 5.91 Å². The molecule has 1 aromatic heterocycles. The molecule has 0 aliphatic carbocycles. The van der Waals surface area contributed by atoms with Crippen molar-refractivity contribution in [1.29, 1.82) is 0 Å². The zero-order valence-electron chi connectivity index (χ0n) is 14.9. The molecule has 3 rings (SSSR count). The number of para-hydroxylation sites is 1. The number of alkyl halides is 3. The quantitative estimate of drug-likeness (QED) is 0.703. The fourth-order valence-electron chi connectivity index (χ4n) is 2.87. The number of halogens is 4. The monoisotopic (exact) mass is 419 g/mol. The lowest BCUT2D eigenvalue weighted by molar-refractivity contribution is -0.138. The van der Waals surface area contributed by atoms with Gasteiger partial charge in [0.15, 0.2) is 5.69 Å². The number of carbonyl (C=O) groups excluding carboxylic acids is 1. The van der Waals surface area contributed by atoms with Gasteiger partial charge in [0.2, 0.25) is 0 Å². The van der Waals surface area contributed by atoms with E-state index < -0.39 is 17.6 Å². The number of hydrogen-bond donors (Lipinski definition) is 2. The molecule has 7 nitrogen and oxygen atoms in total. The van der Waals surface area contributed by atoms with E-state index in [1.807, 2.05) is 0 Å². The van der Waals surface area contributed by atoms with Gasteiger partial charge >= 0.3 is 6.18 Å². The summed E-state index contributed by atoms with van der Waals surface area (Å²) < 4.78 is 45.5. The topological polar surface area (TPSA) is 81.1 Å². The van der Waals surface area contributed by atoms with E-state index in [0.29, 0.717) is 0 Å². The van der Waals surface area contributed by atoms with E-state index in [-0.39, 0.29) is 43.0 Å². The Morgan fingerprint density at radius 2 is 2.00 bits per heavy atom. The van der Waals surface area contributed by atoms with Crippen molar-refractivity contribution in [3.05, 3.63) is 41.7 Å². The van der Waals surface area contributed by atoms with Crippen LogP contribution in [0.1, 0.15) is 34.9 Å². The second kappa shape index (κ2) is 9.74. The highest BCUT2D eigenvalue weighted by molar-refractivity contribution is 5.91. The lowest BCUT2D eigenvalue weighted by Gasteiger charge is -2.22. The van der Waals surface area contributed by atoms with Crippen LogP contribution in [-0.4, -0.2) is 47.1 Å². The molecule has 1 aliphatic rings. The highest BCUT2D eigenvalue weighted by atomic mass is 35.5. The number of benzene rings is 1. The van der Waals surface area contributed by atoms with E-state index in [1.165, 1.54) is 18.2 Å². The highest BCUT2D eigenvalue weighted by Gasteiger charge is 2.33. The lowest BCUT2D eigenvalue weighted by atomic mass is 10.1. The first-order valence-electron chi connectivity index (χ1n) is 8.65. The number of aromatic nitrogens is 3. The summed E-state index contributed by atoms with van der Waals surface area (Å²) in [6, 6.07) is 5.16. The Bertz CT molecular complexity index is 778. The Hall–Kier alpha value is -2.33.